The molecule has 0 aromatic heterocycles. The molecule has 0 fully saturated rings. The number of terminal acetylenes is 1. The Labute approximate surface area is 140 Å². The second kappa shape index (κ2) is 4.85. The first-order valence-electron chi connectivity index (χ1n) is 8.07. The topological polar surface area (TPSA) is 0 Å². The third-order valence-corrected chi connectivity index (χ3v) is 4.81. The number of fused-ring (bicyclic) bond motifs is 4. The molecule has 0 unspecified atom stereocenters. The highest BCUT2D eigenvalue weighted by Gasteiger charge is 2.04. The van der Waals surface area contributed by atoms with Crippen LogP contribution in [0.3, 0.4) is 0 Å². The highest BCUT2D eigenvalue weighted by Crippen LogP contribution is 2.31. The lowest BCUT2D eigenvalue weighted by Crippen LogP contribution is -1.83. The lowest BCUT2D eigenvalue weighted by Gasteiger charge is -2.08. The molecule has 0 nitrogen and oxygen atoms in total. The number of rotatable bonds is 0. The third kappa shape index (κ3) is 1.89. The Hall–Kier alpha value is -3.30. The van der Waals surface area contributed by atoms with Crippen molar-refractivity contribution in [1.29, 1.82) is 0 Å². The first-order chi connectivity index (χ1) is 11.8. The molecule has 0 heterocycles. The predicted molar refractivity (Wildman–Crippen MR) is 104 cm³/mol. The molecule has 0 aliphatic carbocycles. The standard InChI is InChI=1S/C24H14/c1-2-16-8-5-9-19-12-22-13-20-10-17-6-3-4-7-18(17)11-21(20)14-23(22)15-24(16)19/h1,3-15H. The molecule has 110 valence electrons. The van der Waals surface area contributed by atoms with E-state index in [9.17, 15) is 0 Å². The summed E-state index contributed by atoms with van der Waals surface area (Å²) in [6.45, 7) is 0. The molecule has 0 radical (unpaired) electrons. The Morgan fingerprint density at radius 3 is 1.62 bits per heavy atom. The van der Waals surface area contributed by atoms with Crippen LogP contribution < -0.4 is 0 Å². The summed E-state index contributed by atoms with van der Waals surface area (Å²) in [5, 5.41) is 9.90. The second-order valence-electron chi connectivity index (χ2n) is 6.27. The molecule has 0 atom stereocenters. The van der Waals surface area contributed by atoms with Gasteiger partial charge in [0.25, 0.3) is 0 Å². The Balaban J connectivity index is 1.92. The molecule has 0 saturated carbocycles. The van der Waals surface area contributed by atoms with Crippen LogP contribution in [-0.4, -0.2) is 0 Å². The molecule has 5 aromatic carbocycles. The van der Waals surface area contributed by atoms with E-state index in [-0.39, 0.29) is 0 Å². The van der Waals surface area contributed by atoms with Gasteiger partial charge < -0.3 is 0 Å². The van der Waals surface area contributed by atoms with Gasteiger partial charge >= 0.3 is 0 Å². The van der Waals surface area contributed by atoms with E-state index in [0.29, 0.717) is 0 Å². The van der Waals surface area contributed by atoms with E-state index in [1.54, 1.807) is 0 Å². The maximum absolute atomic E-state index is 5.66. The van der Waals surface area contributed by atoms with Crippen LogP contribution in [0.25, 0.3) is 43.1 Å². The average Bonchev–Trinajstić information content (AvgIpc) is 2.62. The Morgan fingerprint density at radius 1 is 0.500 bits per heavy atom. The Bertz CT molecular complexity index is 1300. The minimum atomic E-state index is 0.952. The molecule has 0 N–H and O–H groups in total. The zero-order valence-corrected chi connectivity index (χ0v) is 13.1. The Kier molecular flexibility index (Phi) is 2.66. The predicted octanol–water partition coefficient (Wildman–Crippen LogP) is 6.28. The largest absolute Gasteiger partial charge is 0.115 e. The van der Waals surface area contributed by atoms with Crippen molar-refractivity contribution in [3.8, 4) is 12.3 Å². The summed E-state index contributed by atoms with van der Waals surface area (Å²) in [6.07, 6.45) is 5.66. The van der Waals surface area contributed by atoms with Crippen molar-refractivity contribution < 1.29 is 0 Å². The quantitative estimate of drug-likeness (QED) is 0.233. The van der Waals surface area contributed by atoms with E-state index in [2.05, 4.69) is 72.7 Å². The molecule has 0 aliphatic heterocycles. The van der Waals surface area contributed by atoms with Crippen molar-refractivity contribution >= 4 is 43.1 Å². The molecule has 0 heteroatoms. The summed E-state index contributed by atoms with van der Waals surface area (Å²) in [4.78, 5) is 0. The SMILES string of the molecule is C#Cc1cccc2cc3cc4cc5ccccc5cc4cc3cc12. The van der Waals surface area contributed by atoms with Crippen molar-refractivity contribution in [3.63, 3.8) is 0 Å². The van der Waals surface area contributed by atoms with Gasteiger partial charge in [-0.2, -0.15) is 0 Å². The van der Waals surface area contributed by atoms with Gasteiger partial charge in [-0.25, -0.2) is 0 Å². The summed E-state index contributed by atoms with van der Waals surface area (Å²) in [5.41, 5.74) is 0.952. The van der Waals surface area contributed by atoms with Crippen LogP contribution in [0.4, 0.5) is 0 Å². The molecular weight excluding hydrogens is 288 g/mol. The van der Waals surface area contributed by atoms with Crippen molar-refractivity contribution in [2.45, 2.75) is 0 Å². The lowest BCUT2D eigenvalue weighted by atomic mass is 9.96. The maximum Gasteiger partial charge on any atom is 0.0321 e. The first-order valence-corrected chi connectivity index (χ1v) is 8.07. The zero-order chi connectivity index (χ0) is 16.1. The van der Waals surface area contributed by atoms with E-state index < -0.39 is 0 Å². The van der Waals surface area contributed by atoms with E-state index in [1.165, 1.54) is 37.7 Å². The number of hydrogen-bond acceptors (Lipinski definition) is 0. The summed E-state index contributed by atoms with van der Waals surface area (Å²) in [6, 6.07) is 28.2. The van der Waals surface area contributed by atoms with Crippen LogP contribution in [0.5, 0.6) is 0 Å². The van der Waals surface area contributed by atoms with E-state index in [0.717, 1.165) is 10.9 Å². The highest BCUT2D eigenvalue weighted by atomic mass is 14.1. The molecule has 0 amide bonds. The molecule has 24 heavy (non-hydrogen) atoms. The smallest absolute Gasteiger partial charge is 0.0321 e. The Morgan fingerprint density at radius 2 is 1.00 bits per heavy atom. The van der Waals surface area contributed by atoms with Gasteiger partial charge in [0.1, 0.15) is 0 Å². The van der Waals surface area contributed by atoms with Crippen molar-refractivity contribution in [1.82, 2.24) is 0 Å². The van der Waals surface area contributed by atoms with Gasteiger partial charge in [-0.1, -0.05) is 42.3 Å². The number of hydrogen-bond donors (Lipinski definition) is 0. The zero-order valence-electron chi connectivity index (χ0n) is 13.1. The summed E-state index contributed by atoms with van der Waals surface area (Å²) >= 11 is 0. The van der Waals surface area contributed by atoms with E-state index in [4.69, 9.17) is 6.42 Å². The molecule has 0 spiro atoms. The van der Waals surface area contributed by atoms with Crippen molar-refractivity contribution in [2.75, 3.05) is 0 Å². The van der Waals surface area contributed by atoms with Crippen LogP contribution in [0, 0.1) is 12.3 Å². The normalized spacial score (nSPS) is 11.3. The van der Waals surface area contributed by atoms with Crippen LogP contribution in [-0.2, 0) is 0 Å². The van der Waals surface area contributed by atoms with Crippen LogP contribution >= 0.6 is 0 Å². The molecular formula is C24H14. The van der Waals surface area contributed by atoms with Crippen molar-refractivity contribution in [3.05, 3.63) is 84.4 Å². The highest BCUT2D eigenvalue weighted by molar-refractivity contribution is 6.08. The van der Waals surface area contributed by atoms with Gasteiger partial charge in [-0.05, 0) is 85.6 Å². The molecule has 0 saturated heterocycles. The number of benzene rings is 5. The van der Waals surface area contributed by atoms with Crippen molar-refractivity contribution in [2.24, 2.45) is 0 Å². The summed E-state index contributed by atoms with van der Waals surface area (Å²) in [7, 11) is 0. The fourth-order valence-corrected chi connectivity index (χ4v) is 3.60. The summed E-state index contributed by atoms with van der Waals surface area (Å²) < 4.78 is 0. The van der Waals surface area contributed by atoms with Gasteiger partial charge in [0.2, 0.25) is 0 Å². The fourth-order valence-electron chi connectivity index (χ4n) is 3.60. The van der Waals surface area contributed by atoms with Gasteiger partial charge in [-0.15, -0.1) is 6.42 Å². The third-order valence-electron chi connectivity index (χ3n) is 4.81. The molecule has 5 aromatic rings. The van der Waals surface area contributed by atoms with Crippen LogP contribution in [0.15, 0.2) is 78.9 Å². The minimum absolute atomic E-state index is 0.952. The lowest BCUT2D eigenvalue weighted by molar-refractivity contribution is 1.73. The molecule has 0 aliphatic rings. The second-order valence-corrected chi connectivity index (χ2v) is 6.27. The molecule has 0 bridgehead atoms. The maximum atomic E-state index is 5.66. The van der Waals surface area contributed by atoms with E-state index in [1.807, 2.05) is 12.1 Å². The average molecular weight is 302 g/mol. The van der Waals surface area contributed by atoms with Gasteiger partial charge in [-0.3, -0.25) is 0 Å². The first kappa shape index (κ1) is 13.2. The van der Waals surface area contributed by atoms with Gasteiger partial charge in [0.05, 0.1) is 0 Å². The fraction of sp³-hybridized carbons (Fsp3) is 0. The van der Waals surface area contributed by atoms with Gasteiger partial charge in [0, 0.05) is 5.56 Å². The molecule has 5 rings (SSSR count). The summed E-state index contributed by atoms with van der Waals surface area (Å²) in [5.74, 6) is 2.80. The minimum Gasteiger partial charge on any atom is -0.115 e. The van der Waals surface area contributed by atoms with Crippen LogP contribution in [0.1, 0.15) is 5.56 Å². The van der Waals surface area contributed by atoms with Crippen LogP contribution in [0.2, 0.25) is 0 Å². The van der Waals surface area contributed by atoms with E-state index >= 15 is 0 Å². The monoisotopic (exact) mass is 302 g/mol. The van der Waals surface area contributed by atoms with Gasteiger partial charge in [0.15, 0.2) is 0 Å².